The molecule has 1 aliphatic heterocycles. The number of amides is 4. The van der Waals surface area contributed by atoms with Gasteiger partial charge < -0.3 is 31.0 Å². The minimum absolute atomic E-state index is 0. The maximum Gasteiger partial charge on any atom is 0.273 e. The van der Waals surface area contributed by atoms with Crippen molar-refractivity contribution in [1.82, 2.24) is 30.8 Å². The molecule has 1 aromatic carbocycles. The number of carbonyl (C=O) groups is 4. The second-order valence-electron chi connectivity index (χ2n) is 10.6. The van der Waals surface area contributed by atoms with E-state index >= 15 is 0 Å². The quantitative estimate of drug-likeness (QED) is 0.321. The fourth-order valence-corrected chi connectivity index (χ4v) is 5.63. The van der Waals surface area contributed by atoms with Gasteiger partial charge in [0.25, 0.3) is 11.8 Å². The summed E-state index contributed by atoms with van der Waals surface area (Å²) in [6.07, 6.45) is 2.77. The van der Waals surface area contributed by atoms with Crippen molar-refractivity contribution in [3.8, 4) is 0 Å². The molecule has 0 fully saturated rings. The second-order valence-corrected chi connectivity index (χ2v) is 11.4. The lowest BCUT2D eigenvalue weighted by atomic mass is 10.0. The Morgan fingerprint density at radius 1 is 1.12 bits per heavy atom. The van der Waals surface area contributed by atoms with E-state index in [0.29, 0.717) is 24.3 Å². The molecule has 43 heavy (non-hydrogen) atoms. The van der Waals surface area contributed by atoms with Crippen LogP contribution in [0.4, 0.5) is 0 Å². The fourth-order valence-electron chi connectivity index (χ4n) is 4.61. The van der Waals surface area contributed by atoms with Crippen LogP contribution in [0.5, 0.6) is 0 Å². The maximum absolute atomic E-state index is 13.3. The molecule has 14 heteroatoms. The lowest BCUT2D eigenvalue weighted by molar-refractivity contribution is -0.137. The van der Waals surface area contributed by atoms with Gasteiger partial charge in [0.1, 0.15) is 23.0 Å². The predicted octanol–water partition coefficient (Wildman–Crippen LogP) is 2.78. The average Bonchev–Trinajstić information content (AvgIpc) is 3.66. The SMILES string of the molecule is CCC[C@H](N)C(=O)N1CCNC(=O)c2coc(n2)[C@H](Cc2ccccc2)NC(=O)c2csc(n2)[C@H](C(C)C)NC(=O)C1.Cl. The number of fused-ring (bicyclic) bond motifs is 4. The number of thiazole rings is 1. The summed E-state index contributed by atoms with van der Waals surface area (Å²) in [5.74, 6) is -1.62. The number of carbonyl (C=O) groups excluding carboxylic acids is 4. The van der Waals surface area contributed by atoms with Crippen molar-refractivity contribution in [3.05, 3.63) is 69.8 Å². The molecule has 4 amide bonds. The number of hydrogen-bond donors (Lipinski definition) is 4. The van der Waals surface area contributed by atoms with E-state index in [1.54, 1.807) is 5.38 Å². The minimum Gasteiger partial charge on any atom is -0.446 e. The molecule has 2 aromatic heterocycles. The molecule has 1 aliphatic rings. The van der Waals surface area contributed by atoms with Crippen molar-refractivity contribution < 1.29 is 23.6 Å². The van der Waals surface area contributed by atoms with Crippen LogP contribution in [-0.2, 0) is 16.0 Å². The Morgan fingerprint density at radius 3 is 2.56 bits per heavy atom. The van der Waals surface area contributed by atoms with E-state index in [9.17, 15) is 19.2 Å². The molecule has 0 saturated heterocycles. The summed E-state index contributed by atoms with van der Waals surface area (Å²) in [5.41, 5.74) is 7.23. The van der Waals surface area contributed by atoms with Gasteiger partial charge in [-0.15, -0.1) is 23.7 Å². The third-order valence-electron chi connectivity index (χ3n) is 6.87. The van der Waals surface area contributed by atoms with E-state index in [0.717, 1.165) is 5.56 Å². The summed E-state index contributed by atoms with van der Waals surface area (Å²) in [5, 5.41) is 10.8. The fraction of sp³-hybridized carbons (Fsp3) is 0.448. The Hall–Kier alpha value is -3.81. The minimum atomic E-state index is -0.767. The van der Waals surface area contributed by atoms with E-state index in [1.165, 1.54) is 22.5 Å². The molecule has 4 bridgehead atoms. The number of aromatic nitrogens is 2. The number of nitrogens with one attached hydrogen (secondary N) is 3. The molecule has 5 N–H and O–H groups in total. The molecule has 232 valence electrons. The van der Waals surface area contributed by atoms with Crippen molar-refractivity contribution in [2.24, 2.45) is 11.7 Å². The van der Waals surface area contributed by atoms with Crippen LogP contribution in [-0.4, -0.2) is 64.2 Å². The highest BCUT2D eigenvalue weighted by Gasteiger charge is 2.29. The smallest absolute Gasteiger partial charge is 0.273 e. The van der Waals surface area contributed by atoms with Crippen LogP contribution in [0, 0.1) is 5.92 Å². The van der Waals surface area contributed by atoms with Crippen molar-refractivity contribution in [1.29, 1.82) is 0 Å². The third kappa shape index (κ3) is 8.85. The van der Waals surface area contributed by atoms with Gasteiger partial charge in [-0.3, -0.25) is 19.2 Å². The molecule has 3 atom stereocenters. The largest absolute Gasteiger partial charge is 0.446 e. The third-order valence-corrected chi connectivity index (χ3v) is 7.80. The average molecular weight is 632 g/mol. The van der Waals surface area contributed by atoms with Crippen molar-refractivity contribution in [2.45, 2.75) is 58.2 Å². The lowest BCUT2D eigenvalue weighted by Crippen LogP contribution is -2.50. The number of nitrogens with two attached hydrogens (primary N) is 1. The van der Waals surface area contributed by atoms with E-state index < -0.39 is 35.8 Å². The van der Waals surface area contributed by atoms with Crippen molar-refractivity contribution in [3.63, 3.8) is 0 Å². The number of halogens is 1. The van der Waals surface area contributed by atoms with Gasteiger partial charge in [0.2, 0.25) is 17.7 Å². The number of rotatable bonds is 6. The van der Waals surface area contributed by atoms with Crippen LogP contribution < -0.4 is 21.7 Å². The van der Waals surface area contributed by atoms with Crippen LogP contribution in [0.25, 0.3) is 0 Å². The maximum atomic E-state index is 13.3. The molecule has 4 rings (SSSR count). The van der Waals surface area contributed by atoms with Gasteiger partial charge >= 0.3 is 0 Å². The molecule has 0 aliphatic carbocycles. The molecule has 3 heterocycles. The van der Waals surface area contributed by atoms with Crippen molar-refractivity contribution >= 4 is 47.4 Å². The van der Waals surface area contributed by atoms with Gasteiger partial charge in [-0.2, -0.15) is 0 Å². The lowest BCUT2D eigenvalue weighted by Gasteiger charge is -2.27. The van der Waals surface area contributed by atoms with Gasteiger partial charge in [-0.05, 0) is 17.9 Å². The predicted molar refractivity (Wildman–Crippen MR) is 164 cm³/mol. The van der Waals surface area contributed by atoms with Crippen LogP contribution >= 0.6 is 23.7 Å². The zero-order chi connectivity index (χ0) is 30.2. The molecule has 0 radical (unpaired) electrons. The summed E-state index contributed by atoms with van der Waals surface area (Å²) in [6.45, 7) is 5.68. The number of hydrogen-bond acceptors (Lipinski definition) is 9. The first-order valence-corrected chi connectivity index (χ1v) is 14.9. The monoisotopic (exact) mass is 631 g/mol. The molecule has 0 unspecified atom stereocenters. The van der Waals surface area contributed by atoms with Crippen LogP contribution in [0.2, 0.25) is 0 Å². The topological polar surface area (TPSA) is 173 Å². The molecular weight excluding hydrogens is 594 g/mol. The van der Waals surface area contributed by atoms with E-state index in [4.69, 9.17) is 10.2 Å². The van der Waals surface area contributed by atoms with Crippen LogP contribution in [0.3, 0.4) is 0 Å². The zero-order valence-corrected chi connectivity index (χ0v) is 26.0. The number of nitrogens with zero attached hydrogens (tertiary/aromatic N) is 3. The summed E-state index contributed by atoms with van der Waals surface area (Å²) in [7, 11) is 0. The molecule has 0 spiro atoms. The van der Waals surface area contributed by atoms with Gasteiger partial charge in [0, 0.05) is 24.9 Å². The first kappa shape index (κ1) is 33.7. The van der Waals surface area contributed by atoms with Gasteiger partial charge in [-0.25, -0.2) is 9.97 Å². The van der Waals surface area contributed by atoms with Gasteiger partial charge in [0.15, 0.2) is 5.69 Å². The van der Waals surface area contributed by atoms with E-state index in [2.05, 4.69) is 25.9 Å². The number of benzene rings is 1. The zero-order valence-electron chi connectivity index (χ0n) is 24.4. The first-order chi connectivity index (χ1) is 20.2. The summed E-state index contributed by atoms with van der Waals surface area (Å²) < 4.78 is 5.66. The Kier molecular flexibility index (Phi) is 12.2. The molecule has 12 nitrogen and oxygen atoms in total. The Bertz CT molecular complexity index is 1400. The molecule has 3 aromatic rings. The van der Waals surface area contributed by atoms with Crippen molar-refractivity contribution in [2.75, 3.05) is 19.6 Å². The summed E-state index contributed by atoms with van der Waals surface area (Å²) in [6, 6.07) is 7.59. The Balaban J connectivity index is 0.00000506. The van der Waals surface area contributed by atoms with Crippen LogP contribution in [0.1, 0.15) is 83.1 Å². The highest BCUT2D eigenvalue weighted by molar-refractivity contribution is 7.09. The Labute approximate surface area is 260 Å². The molecule has 0 saturated carbocycles. The van der Waals surface area contributed by atoms with E-state index in [-0.39, 0.29) is 61.1 Å². The highest BCUT2D eigenvalue weighted by atomic mass is 35.5. The standard InChI is InChI=1S/C29H37N7O5S.ClH/c1-4-8-19(30)29(40)36-12-11-31-25(38)21-15-41-27(33-21)20(13-18-9-6-5-7-10-18)32-26(39)22-16-42-28(34-22)24(17(2)3)35-23(37)14-36;/h5-7,9-10,15-17,19-20,24H,4,8,11-14,30H2,1-3H3,(H,31,38)(H,32,39)(H,35,37);1H/t19-,20-,24-;/m0./s1. The number of oxazole rings is 1. The highest BCUT2D eigenvalue weighted by Crippen LogP contribution is 2.26. The normalized spacial score (nSPS) is 18.9. The second kappa shape index (κ2) is 15.6. The molecular formula is C29H38ClN7O5S. The van der Waals surface area contributed by atoms with E-state index in [1.807, 2.05) is 51.1 Å². The Morgan fingerprint density at radius 2 is 1.86 bits per heavy atom. The first-order valence-electron chi connectivity index (χ1n) is 14.0. The summed E-state index contributed by atoms with van der Waals surface area (Å²) in [4.78, 5) is 62.8. The van der Waals surface area contributed by atoms with Gasteiger partial charge in [0.05, 0.1) is 18.6 Å². The summed E-state index contributed by atoms with van der Waals surface area (Å²) >= 11 is 1.26. The van der Waals surface area contributed by atoms with Crippen LogP contribution in [0.15, 0.2) is 46.4 Å². The van der Waals surface area contributed by atoms with Gasteiger partial charge in [-0.1, -0.05) is 57.5 Å².